The number of pyridine rings is 1. The molecule has 0 aliphatic carbocycles. The highest BCUT2D eigenvalue weighted by Gasteiger charge is 2.20. The van der Waals surface area contributed by atoms with Gasteiger partial charge >= 0.3 is 5.69 Å². The highest BCUT2D eigenvalue weighted by Crippen LogP contribution is 2.25. The molecule has 1 rings (SSSR count). The van der Waals surface area contributed by atoms with Crippen molar-refractivity contribution in [3.8, 4) is 0 Å². The molecule has 0 unspecified atom stereocenters. The molecule has 0 aromatic carbocycles. The lowest BCUT2D eigenvalue weighted by molar-refractivity contribution is -0.384. The zero-order valence-electron chi connectivity index (χ0n) is 10.5. The van der Waals surface area contributed by atoms with Gasteiger partial charge in [-0.15, -0.1) is 0 Å². The number of methoxy groups -OCH3 is 1. The third kappa shape index (κ3) is 3.64. The van der Waals surface area contributed by atoms with E-state index in [2.05, 4.69) is 4.98 Å². The second kappa shape index (κ2) is 6.87. The number of hydrogen-bond donors (Lipinski definition) is 1. The van der Waals surface area contributed by atoms with Gasteiger partial charge in [0, 0.05) is 32.0 Å². The number of anilines is 1. The van der Waals surface area contributed by atoms with Gasteiger partial charge < -0.3 is 14.7 Å². The van der Waals surface area contributed by atoms with Crippen LogP contribution >= 0.6 is 0 Å². The number of rotatable bonds is 7. The predicted molar refractivity (Wildman–Crippen MR) is 66.8 cm³/mol. The summed E-state index contributed by atoms with van der Waals surface area (Å²) in [7, 11) is 1.55. The van der Waals surface area contributed by atoms with Crippen molar-refractivity contribution in [3.63, 3.8) is 0 Å². The van der Waals surface area contributed by atoms with Crippen molar-refractivity contribution in [3.05, 3.63) is 27.9 Å². The lowest BCUT2D eigenvalue weighted by Crippen LogP contribution is -2.31. The van der Waals surface area contributed by atoms with Gasteiger partial charge in [-0.25, -0.2) is 4.98 Å². The molecular weight excluding hydrogens is 238 g/mol. The summed E-state index contributed by atoms with van der Waals surface area (Å²) >= 11 is 0. The first-order valence-electron chi connectivity index (χ1n) is 5.57. The molecule has 0 fully saturated rings. The van der Waals surface area contributed by atoms with Crippen LogP contribution in [0.5, 0.6) is 0 Å². The summed E-state index contributed by atoms with van der Waals surface area (Å²) in [5.41, 5.74) is 0.626. The van der Waals surface area contributed by atoms with Crippen molar-refractivity contribution >= 4 is 11.5 Å². The fourth-order valence-corrected chi connectivity index (χ4v) is 1.56. The van der Waals surface area contributed by atoms with Crippen LogP contribution in [0.2, 0.25) is 0 Å². The monoisotopic (exact) mass is 255 g/mol. The van der Waals surface area contributed by atoms with E-state index in [0.29, 0.717) is 18.8 Å². The quantitative estimate of drug-likeness (QED) is 0.571. The van der Waals surface area contributed by atoms with E-state index in [-0.39, 0.29) is 24.7 Å². The smallest absolute Gasteiger partial charge is 0.311 e. The summed E-state index contributed by atoms with van der Waals surface area (Å²) in [5, 5.41) is 20.0. The van der Waals surface area contributed by atoms with Crippen LogP contribution in [0.1, 0.15) is 5.69 Å². The molecular formula is C11H17N3O4. The average molecular weight is 255 g/mol. The molecule has 0 amide bonds. The van der Waals surface area contributed by atoms with Crippen LogP contribution in [0.4, 0.5) is 11.5 Å². The van der Waals surface area contributed by atoms with Crippen LogP contribution < -0.4 is 4.90 Å². The SMILES string of the molecule is COCCN(CCO)c1nc(C)ccc1[N+](=O)[O-]. The third-order valence-electron chi connectivity index (χ3n) is 2.43. The molecule has 7 heteroatoms. The van der Waals surface area contributed by atoms with E-state index in [1.165, 1.54) is 6.07 Å². The second-order valence-corrected chi connectivity index (χ2v) is 3.76. The van der Waals surface area contributed by atoms with Gasteiger partial charge in [0.15, 0.2) is 0 Å². The minimum absolute atomic E-state index is 0.0647. The molecule has 0 spiro atoms. The van der Waals surface area contributed by atoms with Crippen molar-refractivity contribution < 1.29 is 14.8 Å². The molecule has 1 aromatic heterocycles. The molecule has 18 heavy (non-hydrogen) atoms. The van der Waals surface area contributed by atoms with Crippen molar-refractivity contribution in [1.82, 2.24) is 4.98 Å². The predicted octanol–water partition coefficient (Wildman–Crippen LogP) is 0.743. The van der Waals surface area contributed by atoms with Gasteiger partial charge in [0.05, 0.1) is 18.1 Å². The Hall–Kier alpha value is -1.73. The summed E-state index contributed by atoms with van der Waals surface area (Å²) < 4.78 is 4.95. The molecule has 100 valence electrons. The number of aryl methyl sites for hydroxylation is 1. The lowest BCUT2D eigenvalue weighted by atomic mass is 10.3. The third-order valence-corrected chi connectivity index (χ3v) is 2.43. The number of nitrogens with zero attached hydrogens (tertiary/aromatic N) is 3. The van der Waals surface area contributed by atoms with Crippen LogP contribution in [0.25, 0.3) is 0 Å². The van der Waals surface area contributed by atoms with Gasteiger partial charge in [-0.05, 0) is 13.0 Å². The molecule has 0 radical (unpaired) electrons. The first-order valence-corrected chi connectivity index (χ1v) is 5.57. The standard InChI is InChI=1S/C11H17N3O4/c1-9-3-4-10(14(16)17)11(12-9)13(5-7-15)6-8-18-2/h3-4,15H,5-8H2,1-2H3. The topological polar surface area (TPSA) is 88.7 Å². The zero-order chi connectivity index (χ0) is 13.5. The zero-order valence-corrected chi connectivity index (χ0v) is 10.5. The maximum Gasteiger partial charge on any atom is 0.311 e. The van der Waals surface area contributed by atoms with Gasteiger partial charge in [0.25, 0.3) is 0 Å². The molecule has 0 bridgehead atoms. The molecule has 1 aromatic rings. The van der Waals surface area contributed by atoms with E-state index in [0.717, 1.165) is 0 Å². The maximum absolute atomic E-state index is 11.0. The van der Waals surface area contributed by atoms with Gasteiger partial charge in [-0.3, -0.25) is 10.1 Å². The summed E-state index contributed by atoms with van der Waals surface area (Å²) in [6.07, 6.45) is 0. The minimum atomic E-state index is -0.473. The van der Waals surface area contributed by atoms with Crippen molar-refractivity contribution in [2.75, 3.05) is 38.3 Å². The van der Waals surface area contributed by atoms with Crippen molar-refractivity contribution in [2.45, 2.75) is 6.92 Å². The van der Waals surface area contributed by atoms with Crippen LogP contribution in [0.15, 0.2) is 12.1 Å². The fourth-order valence-electron chi connectivity index (χ4n) is 1.56. The van der Waals surface area contributed by atoms with Crippen LogP contribution in [-0.2, 0) is 4.74 Å². The molecule has 0 saturated carbocycles. The molecule has 0 aliphatic rings. The number of aliphatic hydroxyl groups excluding tert-OH is 1. The molecule has 1 N–H and O–H groups in total. The van der Waals surface area contributed by atoms with E-state index < -0.39 is 4.92 Å². The van der Waals surface area contributed by atoms with E-state index in [4.69, 9.17) is 9.84 Å². The Morgan fingerprint density at radius 1 is 1.50 bits per heavy atom. The Morgan fingerprint density at radius 2 is 2.22 bits per heavy atom. The van der Waals surface area contributed by atoms with Gasteiger partial charge in [0.2, 0.25) is 5.82 Å². The second-order valence-electron chi connectivity index (χ2n) is 3.76. The molecule has 7 nitrogen and oxygen atoms in total. The first-order chi connectivity index (χ1) is 8.60. The lowest BCUT2D eigenvalue weighted by Gasteiger charge is -2.22. The Bertz CT molecular complexity index is 411. The van der Waals surface area contributed by atoms with Crippen molar-refractivity contribution in [2.24, 2.45) is 0 Å². The summed E-state index contributed by atoms with van der Waals surface area (Å²) in [6.45, 7) is 2.79. The average Bonchev–Trinajstić information content (AvgIpc) is 2.34. The normalized spacial score (nSPS) is 10.4. The maximum atomic E-state index is 11.0. The van der Waals surface area contributed by atoms with Crippen LogP contribution in [0.3, 0.4) is 0 Å². The number of nitro groups is 1. The van der Waals surface area contributed by atoms with E-state index >= 15 is 0 Å². The largest absolute Gasteiger partial charge is 0.395 e. The highest BCUT2D eigenvalue weighted by atomic mass is 16.6. The van der Waals surface area contributed by atoms with Crippen LogP contribution in [0, 0.1) is 17.0 Å². The molecule has 0 aliphatic heterocycles. The summed E-state index contributed by atoms with van der Waals surface area (Å²) in [5.74, 6) is 0.270. The highest BCUT2D eigenvalue weighted by molar-refractivity contribution is 5.58. The van der Waals surface area contributed by atoms with E-state index in [1.54, 1.807) is 25.0 Å². The van der Waals surface area contributed by atoms with Gasteiger partial charge in [-0.2, -0.15) is 0 Å². The number of ether oxygens (including phenoxy) is 1. The number of aliphatic hydroxyl groups is 1. The van der Waals surface area contributed by atoms with Gasteiger partial charge in [-0.1, -0.05) is 0 Å². The minimum Gasteiger partial charge on any atom is -0.395 e. The summed E-state index contributed by atoms with van der Waals surface area (Å²) in [4.78, 5) is 16.3. The van der Waals surface area contributed by atoms with Crippen molar-refractivity contribution in [1.29, 1.82) is 0 Å². The Morgan fingerprint density at radius 3 is 2.78 bits per heavy atom. The van der Waals surface area contributed by atoms with Crippen LogP contribution in [-0.4, -0.2) is 48.4 Å². The molecule has 0 saturated heterocycles. The van der Waals surface area contributed by atoms with E-state index in [1.807, 2.05) is 0 Å². The van der Waals surface area contributed by atoms with E-state index in [9.17, 15) is 10.1 Å². The Labute approximate surface area is 105 Å². The van der Waals surface area contributed by atoms with Gasteiger partial charge in [0.1, 0.15) is 0 Å². The molecule has 1 heterocycles. The fraction of sp³-hybridized carbons (Fsp3) is 0.545. The Kier molecular flexibility index (Phi) is 5.47. The Balaban J connectivity index is 3.07. The number of hydrogen-bond acceptors (Lipinski definition) is 6. The first kappa shape index (κ1) is 14.3. The molecule has 0 atom stereocenters. The summed E-state index contributed by atoms with van der Waals surface area (Å²) in [6, 6.07) is 3.02. The number of aromatic nitrogens is 1.